The highest BCUT2D eigenvalue weighted by molar-refractivity contribution is 5.88. The maximum atomic E-state index is 10.4. The largest absolute Gasteiger partial charge is 0.388 e. The topological polar surface area (TPSA) is 20.2 Å². The van der Waals surface area contributed by atoms with Crippen molar-refractivity contribution in [3.8, 4) is 0 Å². The SMILES string of the molecule is Cc1ccc(C(O)C2CCC2)c2ccccc12. The molecule has 1 atom stereocenters. The predicted molar refractivity (Wildman–Crippen MR) is 71.0 cm³/mol. The Morgan fingerprint density at radius 2 is 1.76 bits per heavy atom. The third-order valence-electron chi connectivity index (χ3n) is 4.09. The van der Waals surface area contributed by atoms with Crippen LogP contribution in [-0.4, -0.2) is 5.11 Å². The standard InChI is InChI=1S/C16H18O/c1-11-9-10-15(16(17)12-5-4-6-12)14-8-3-2-7-13(11)14/h2-3,7-10,12,16-17H,4-6H2,1H3. The summed E-state index contributed by atoms with van der Waals surface area (Å²) in [4.78, 5) is 0. The minimum Gasteiger partial charge on any atom is -0.388 e. The third kappa shape index (κ3) is 1.75. The van der Waals surface area contributed by atoms with E-state index in [1.54, 1.807) is 0 Å². The molecule has 0 amide bonds. The van der Waals surface area contributed by atoms with Crippen LogP contribution in [0.1, 0.15) is 36.5 Å². The van der Waals surface area contributed by atoms with Gasteiger partial charge in [-0.25, -0.2) is 0 Å². The van der Waals surface area contributed by atoms with E-state index < -0.39 is 0 Å². The number of fused-ring (bicyclic) bond motifs is 1. The summed E-state index contributed by atoms with van der Waals surface area (Å²) in [7, 11) is 0. The second kappa shape index (κ2) is 4.15. The molecular formula is C16H18O. The van der Waals surface area contributed by atoms with Crippen molar-refractivity contribution in [1.29, 1.82) is 0 Å². The normalized spacial score (nSPS) is 18.0. The maximum Gasteiger partial charge on any atom is 0.0824 e. The zero-order chi connectivity index (χ0) is 11.8. The average molecular weight is 226 g/mol. The zero-order valence-corrected chi connectivity index (χ0v) is 10.2. The Morgan fingerprint density at radius 1 is 1.06 bits per heavy atom. The molecule has 1 aliphatic carbocycles. The molecule has 3 rings (SSSR count). The summed E-state index contributed by atoms with van der Waals surface area (Å²) in [6.07, 6.45) is 3.33. The average Bonchev–Trinajstić information content (AvgIpc) is 2.27. The van der Waals surface area contributed by atoms with Crippen LogP contribution in [0.4, 0.5) is 0 Å². The lowest BCUT2D eigenvalue weighted by molar-refractivity contribution is 0.0632. The van der Waals surface area contributed by atoms with Crippen LogP contribution in [0, 0.1) is 12.8 Å². The van der Waals surface area contributed by atoms with Crippen LogP contribution in [0.5, 0.6) is 0 Å². The second-order valence-electron chi connectivity index (χ2n) is 5.15. The highest BCUT2D eigenvalue weighted by Gasteiger charge is 2.27. The highest BCUT2D eigenvalue weighted by atomic mass is 16.3. The molecule has 2 aromatic carbocycles. The number of rotatable bonds is 2. The number of aryl methyl sites for hydroxylation is 1. The van der Waals surface area contributed by atoms with Crippen LogP contribution >= 0.6 is 0 Å². The molecule has 1 unspecified atom stereocenters. The Morgan fingerprint density at radius 3 is 2.41 bits per heavy atom. The smallest absolute Gasteiger partial charge is 0.0824 e. The minimum atomic E-state index is -0.283. The molecule has 0 radical (unpaired) electrons. The summed E-state index contributed by atoms with van der Waals surface area (Å²) >= 11 is 0. The van der Waals surface area contributed by atoms with E-state index in [1.165, 1.54) is 35.6 Å². The molecule has 1 aliphatic rings. The molecule has 1 heteroatoms. The van der Waals surface area contributed by atoms with Crippen LogP contribution in [0.2, 0.25) is 0 Å². The van der Waals surface area contributed by atoms with Gasteiger partial charge in [0.05, 0.1) is 6.10 Å². The minimum absolute atomic E-state index is 0.283. The van der Waals surface area contributed by atoms with E-state index in [0.29, 0.717) is 5.92 Å². The molecule has 0 saturated heterocycles. The molecule has 2 aromatic rings. The summed E-state index contributed by atoms with van der Waals surface area (Å²) in [6.45, 7) is 2.13. The molecule has 1 fully saturated rings. The summed E-state index contributed by atoms with van der Waals surface area (Å²) in [5.41, 5.74) is 2.39. The van der Waals surface area contributed by atoms with Crippen LogP contribution in [-0.2, 0) is 0 Å². The van der Waals surface area contributed by atoms with Crippen molar-refractivity contribution in [2.75, 3.05) is 0 Å². The molecule has 0 aromatic heterocycles. The first-order valence-corrected chi connectivity index (χ1v) is 6.43. The second-order valence-corrected chi connectivity index (χ2v) is 5.15. The van der Waals surface area contributed by atoms with Crippen molar-refractivity contribution in [2.45, 2.75) is 32.3 Å². The maximum absolute atomic E-state index is 10.4. The zero-order valence-electron chi connectivity index (χ0n) is 10.2. The predicted octanol–water partition coefficient (Wildman–Crippen LogP) is 3.98. The Labute approximate surface area is 102 Å². The van der Waals surface area contributed by atoms with Gasteiger partial charge in [0, 0.05) is 0 Å². The summed E-state index contributed by atoms with van der Waals surface area (Å²) < 4.78 is 0. The third-order valence-corrected chi connectivity index (χ3v) is 4.09. The molecule has 88 valence electrons. The fraction of sp³-hybridized carbons (Fsp3) is 0.375. The molecule has 0 aliphatic heterocycles. The number of aliphatic hydroxyl groups excluding tert-OH is 1. The van der Waals surface area contributed by atoms with Gasteiger partial charge < -0.3 is 5.11 Å². The van der Waals surface area contributed by atoms with Gasteiger partial charge in [-0.15, -0.1) is 0 Å². The van der Waals surface area contributed by atoms with E-state index in [2.05, 4.69) is 43.3 Å². The van der Waals surface area contributed by atoms with Gasteiger partial charge in [0.25, 0.3) is 0 Å². The Balaban J connectivity index is 2.12. The van der Waals surface area contributed by atoms with E-state index >= 15 is 0 Å². The molecule has 1 saturated carbocycles. The van der Waals surface area contributed by atoms with Gasteiger partial charge in [0.15, 0.2) is 0 Å². The van der Waals surface area contributed by atoms with Crippen molar-refractivity contribution in [3.05, 3.63) is 47.5 Å². The molecule has 0 bridgehead atoms. The number of hydrogen-bond acceptors (Lipinski definition) is 1. The van der Waals surface area contributed by atoms with Crippen LogP contribution in [0.3, 0.4) is 0 Å². The lowest BCUT2D eigenvalue weighted by atomic mass is 9.77. The summed E-state index contributed by atoms with van der Waals surface area (Å²) in [6, 6.07) is 12.6. The van der Waals surface area contributed by atoms with Crippen LogP contribution < -0.4 is 0 Å². The molecule has 1 N–H and O–H groups in total. The number of benzene rings is 2. The van der Waals surface area contributed by atoms with Gasteiger partial charge in [-0.3, -0.25) is 0 Å². The Kier molecular flexibility index (Phi) is 2.64. The van der Waals surface area contributed by atoms with Gasteiger partial charge in [0.2, 0.25) is 0 Å². The van der Waals surface area contributed by atoms with Crippen molar-refractivity contribution in [2.24, 2.45) is 5.92 Å². The van der Waals surface area contributed by atoms with Gasteiger partial charge in [-0.1, -0.05) is 42.8 Å². The lowest BCUT2D eigenvalue weighted by Gasteiger charge is -2.31. The molecular weight excluding hydrogens is 208 g/mol. The summed E-state index contributed by atoms with van der Waals surface area (Å²) in [5, 5.41) is 12.9. The first kappa shape index (κ1) is 10.8. The van der Waals surface area contributed by atoms with Crippen LogP contribution in [0.15, 0.2) is 36.4 Å². The quantitative estimate of drug-likeness (QED) is 0.821. The van der Waals surface area contributed by atoms with E-state index in [9.17, 15) is 5.11 Å². The van der Waals surface area contributed by atoms with Gasteiger partial charge in [0.1, 0.15) is 0 Å². The van der Waals surface area contributed by atoms with Gasteiger partial charge >= 0.3 is 0 Å². The highest BCUT2D eigenvalue weighted by Crippen LogP contribution is 2.40. The van der Waals surface area contributed by atoms with Crippen molar-refractivity contribution in [1.82, 2.24) is 0 Å². The fourth-order valence-electron chi connectivity index (χ4n) is 2.74. The molecule has 17 heavy (non-hydrogen) atoms. The van der Waals surface area contributed by atoms with Crippen molar-refractivity contribution >= 4 is 10.8 Å². The van der Waals surface area contributed by atoms with Crippen molar-refractivity contribution in [3.63, 3.8) is 0 Å². The van der Waals surface area contributed by atoms with E-state index in [1.807, 2.05) is 0 Å². The molecule has 0 spiro atoms. The van der Waals surface area contributed by atoms with Gasteiger partial charge in [-0.2, -0.15) is 0 Å². The molecule has 0 heterocycles. The first-order chi connectivity index (χ1) is 8.27. The van der Waals surface area contributed by atoms with E-state index in [-0.39, 0.29) is 6.10 Å². The van der Waals surface area contributed by atoms with Crippen LogP contribution in [0.25, 0.3) is 10.8 Å². The number of aliphatic hydroxyl groups is 1. The Bertz CT molecular complexity index is 540. The van der Waals surface area contributed by atoms with Crippen molar-refractivity contribution < 1.29 is 5.11 Å². The van der Waals surface area contributed by atoms with E-state index in [0.717, 1.165) is 5.56 Å². The van der Waals surface area contributed by atoms with Gasteiger partial charge in [-0.05, 0) is 47.6 Å². The fourth-order valence-corrected chi connectivity index (χ4v) is 2.74. The lowest BCUT2D eigenvalue weighted by Crippen LogP contribution is -2.20. The first-order valence-electron chi connectivity index (χ1n) is 6.43. The van der Waals surface area contributed by atoms with E-state index in [4.69, 9.17) is 0 Å². The molecule has 1 nitrogen and oxygen atoms in total. The summed E-state index contributed by atoms with van der Waals surface area (Å²) in [5.74, 6) is 0.473. The Hall–Kier alpha value is -1.34. The monoisotopic (exact) mass is 226 g/mol. The number of hydrogen-bond donors (Lipinski definition) is 1.